The van der Waals surface area contributed by atoms with Crippen molar-refractivity contribution in [1.82, 2.24) is 24.8 Å². The van der Waals surface area contributed by atoms with Crippen LogP contribution in [0.4, 0.5) is 11.5 Å². The van der Waals surface area contributed by atoms with Gasteiger partial charge in [0.25, 0.3) is 0 Å². The Bertz CT molecular complexity index is 1190. The number of fused-ring (bicyclic) bond motifs is 1. The quantitative estimate of drug-likeness (QED) is 0.349. The fraction of sp³-hybridized carbons (Fsp3) is 0.500. The van der Waals surface area contributed by atoms with Crippen molar-refractivity contribution in [3.05, 3.63) is 52.3 Å². The minimum atomic E-state index is 0.0807. The lowest BCUT2D eigenvalue weighted by atomic mass is 10.0. The van der Waals surface area contributed by atoms with E-state index < -0.39 is 0 Å². The van der Waals surface area contributed by atoms with Gasteiger partial charge in [0.2, 0.25) is 6.41 Å². The Morgan fingerprint density at radius 1 is 1.14 bits per heavy atom. The first-order chi connectivity index (χ1) is 17.4. The number of rotatable bonds is 6. The van der Waals surface area contributed by atoms with Crippen LogP contribution in [-0.4, -0.2) is 64.9 Å². The predicted molar refractivity (Wildman–Crippen MR) is 150 cm³/mol. The van der Waals surface area contributed by atoms with Crippen LogP contribution in [0.25, 0.3) is 5.65 Å². The Hall–Kier alpha value is -2.49. The fourth-order valence-corrected chi connectivity index (χ4v) is 5.62. The van der Waals surface area contributed by atoms with E-state index in [-0.39, 0.29) is 6.04 Å². The van der Waals surface area contributed by atoms with E-state index in [2.05, 4.69) is 28.1 Å². The zero-order valence-corrected chi connectivity index (χ0v) is 23.1. The average Bonchev–Trinajstić information content (AvgIpc) is 3.52. The second-order valence-electron chi connectivity index (χ2n) is 9.46. The zero-order chi connectivity index (χ0) is 25.7. The average molecular weight is 530 g/mol. The van der Waals surface area contributed by atoms with E-state index in [9.17, 15) is 4.79 Å². The van der Waals surface area contributed by atoms with E-state index in [1.54, 1.807) is 11.9 Å². The van der Waals surface area contributed by atoms with E-state index in [4.69, 9.17) is 21.7 Å². The van der Waals surface area contributed by atoms with Gasteiger partial charge in [-0.2, -0.15) is 5.10 Å². The summed E-state index contributed by atoms with van der Waals surface area (Å²) in [6.07, 6.45) is 9.34. The Balaban J connectivity index is 0.000000233. The number of carbonyl (C=O) groups is 1. The molecule has 1 aromatic carbocycles. The van der Waals surface area contributed by atoms with E-state index >= 15 is 0 Å². The van der Waals surface area contributed by atoms with E-state index in [0.29, 0.717) is 6.04 Å². The lowest BCUT2D eigenvalue weighted by Crippen LogP contribution is -2.32. The van der Waals surface area contributed by atoms with Gasteiger partial charge in [0.05, 0.1) is 11.7 Å². The summed E-state index contributed by atoms with van der Waals surface area (Å²) in [6, 6.07) is 8.46. The molecule has 2 aromatic heterocycles. The summed E-state index contributed by atoms with van der Waals surface area (Å²) >= 11 is 7.36. The van der Waals surface area contributed by atoms with Gasteiger partial charge >= 0.3 is 0 Å². The van der Waals surface area contributed by atoms with Crippen molar-refractivity contribution in [1.29, 1.82) is 0 Å². The second-order valence-corrected chi connectivity index (χ2v) is 10.5. The molecule has 2 unspecified atom stereocenters. The molecule has 2 fully saturated rings. The first kappa shape index (κ1) is 26.6. The van der Waals surface area contributed by atoms with Crippen LogP contribution in [-0.2, 0) is 4.79 Å². The third kappa shape index (κ3) is 6.07. The van der Waals surface area contributed by atoms with Crippen LogP contribution in [0.2, 0.25) is 5.02 Å². The number of anilines is 2. The normalized spacial score (nSPS) is 19.8. The van der Waals surface area contributed by atoms with Crippen molar-refractivity contribution in [2.45, 2.75) is 51.6 Å². The largest absolute Gasteiger partial charge is 0.355 e. The molecule has 2 saturated heterocycles. The predicted octanol–water partition coefficient (Wildman–Crippen LogP) is 4.86. The molecule has 2 atom stereocenters. The number of halogens is 1. The maximum Gasteiger partial charge on any atom is 0.210 e. The van der Waals surface area contributed by atoms with Crippen LogP contribution in [0, 0.1) is 13.8 Å². The smallest absolute Gasteiger partial charge is 0.210 e. The van der Waals surface area contributed by atoms with Crippen LogP contribution in [0.15, 0.2) is 30.5 Å². The number of hydrogen-bond donors (Lipinski definition) is 2. The number of hydrogen-bond acceptors (Lipinski definition) is 7. The van der Waals surface area contributed by atoms with E-state index in [1.165, 1.54) is 5.56 Å². The number of amides is 1. The van der Waals surface area contributed by atoms with Gasteiger partial charge in [0.15, 0.2) is 5.65 Å². The van der Waals surface area contributed by atoms with Crippen molar-refractivity contribution < 1.29 is 4.79 Å². The van der Waals surface area contributed by atoms with Crippen LogP contribution >= 0.6 is 23.5 Å². The lowest BCUT2D eigenvalue weighted by Gasteiger charge is -2.31. The number of piperidine rings is 1. The van der Waals surface area contributed by atoms with Gasteiger partial charge in [0.1, 0.15) is 5.82 Å². The highest BCUT2D eigenvalue weighted by Gasteiger charge is 2.27. The number of nitrogens with one attached hydrogen (secondary N) is 2. The monoisotopic (exact) mass is 529 g/mol. The third-order valence-electron chi connectivity index (χ3n) is 6.94. The highest BCUT2D eigenvalue weighted by molar-refractivity contribution is 7.99. The van der Waals surface area contributed by atoms with Crippen molar-refractivity contribution >= 4 is 47.1 Å². The SMILES string of the molecule is CNC1CCN(c2nc3cc(C4CCCCN4C=O)nn3cc2C)C1.CSNc1ccc(Cl)cc1C. The maximum atomic E-state index is 11.4. The van der Waals surface area contributed by atoms with Crippen LogP contribution in [0.1, 0.15) is 48.5 Å². The molecule has 5 rings (SSSR count). The number of nitrogens with zero attached hydrogens (tertiary/aromatic N) is 5. The molecular weight excluding hydrogens is 494 g/mol. The molecule has 2 aliphatic rings. The molecule has 0 spiro atoms. The summed E-state index contributed by atoms with van der Waals surface area (Å²) in [5.74, 6) is 1.05. The van der Waals surface area contributed by atoms with Gasteiger partial charge in [-0.3, -0.25) is 4.79 Å². The number of likely N-dealkylation sites (N-methyl/N-ethyl adjacent to an activating group) is 1. The van der Waals surface area contributed by atoms with Crippen molar-refractivity contribution in [2.24, 2.45) is 0 Å². The lowest BCUT2D eigenvalue weighted by molar-refractivity contribution is -0.121. The first-order valence-corrected chi connectivity index (χ1v) is 14.1. The summed E-state index contributed by atoms with van der Waals surface area (Å²) in [5, 5.41) is 8.86. The van der Waals surface area contributed by atoms with Crippen LogP contribution in [0.3, 0.4) is 0 Å². The molecule has 8 nitrogen and oxygen atoms in total. The van der Waals surface area contributed by atoms with Gasteiger partial charge in [-0.25, -0.2) is 9.50 Å². The molecular formula is C26H36ClN7OS. The molecule has 36 heavy (non-hydrogen) atoms. The van der Waals surface area contributed by atoms with Crippen molar-refractivity contribution in [2.75, 3.05) is 42.6 Å². The molecule has 2 aliphatic heterocycles. The topological polar surface area (TPSA) is 77.8 Å². The highest BCUT2D eigenvalue weighted by atomic mass is 35.5. The number of aromatic nitrogens is 3. The molecule has 3 aromatic rings. The number of aryl methyl sites for hydroxylation is 2. The van der Waals surface area contributed by atoms with Gasteiger partial charge in [-0.05, 0) is 70.3 Å². The Labute approximate surface area is 222 Å². The van der Waals surface area contributed by atoms with Crippen molar-refractivity contribution in [3.63, 3.8) is 0 Å². The minimum Gasteiger partial charge on any atom is -0.355 e. The van der Waals surface area contributed by atoms with Crippen LogP contribution < -0.4 is 14.9 Å². The first-order valence-electron chi connectivity index (χ1n) is 12.5. The molecule has 2 N–H and O–H groups in total. The zero-order valence-electron chi connectivity index (χ0n) is 21.5. The Morgan fingerprint density at radius 3 is 2.67 bits per heavy atom. The standard InChI is InChI=1S/C18H26N6O.C8H10ClNS/c1-13-10-24-17(20-18(13)22-8-6-14(11-22)19-2)9-15(21-24)16-5-3-4-7-23(16)12-25;1-6-5-7(9)3-4-8(6)10-11-2/h9-10,12,14,16,19H,3-8,11H2,1-2H3;3-5,10H,1-2H3. The van der Waals surface area contributed by atoms with Gasteiger partial charge < -0.3 is 19.8 Å². The maximum absolute atomic E-state index is 11.4. The summed E-state index contributed by atoms with van der Waals surface area (Å²) < 4.78 is 5.02. The van der Waals surface area contributed by atoms with Gasteiger partial charge in [0, 0.05) is 60.5 Å². The van der Waals surface area contributed by atoms with E-state index in [0.717, 1.165) is 85.2 Å². The third-order valence-corrected chi connectivity index (χ3v) is 7.60. The molecule has 194 valence electrons. The summed E-state index contributed by atoms with van der Waals surface area (Å²) in [4.78, 5) is 20.5. The molecule has 0 aliphatic carbocycles. The molecule has 0 radical (unpaired) electrons. The number of benzene rings is 1. The van der Waals surface area contributed by atoms with Crippen LogP contribution in [0.5, 0.6) is 0 Å². The Kier molecular flexibility index (Phi) is 8.98. The van der Waals surface area contributed by atoms with E-state index in [1.807, 2.05) is 53.9 Å². The highest BCUT2D eigenvalue weighted by Crippen LogP contribution is 2.30. The molecule has 0 bridgehead atoms. The summed E-state index contributed by atoms with van der Waals surface area (Å²) in [5.41, 5.74) is 5.24. The summed E-state index contributed by atoms with van der Waals surface area (Å²) in [6.45, 7) is 6.96. The molecule has 4 heterocycles. The molecule has 0 saturated carbocycles. The second kappa shape index (κ2) is 12.2. The molecule has 1 amide bonds. The fourth-order valence-electron chi connectivity index (χ4n) is 4.94. The number of likely N-dealkylation sites (tertiary alicyclic amines) is 1. The Morgan fingerprint density at radius 2 is 1.97 bits per heavy atom. The number of carbonyl (C=O) groups excluding carboxylic acids is 1. The summed E-state index contributed by atoms with van der Waals surface area (Å²) in [7, 11) is 2.02. The van der Waals surface area contributed by atoms with Gasteiger partial charge in [-0.15, -0.1) is 0 Å². The molecule has 10 heteroatoms. The minimum absolute atomic E-state index is 0.0807. The van der Waals surface area contributed by atoms with Crippen molar-refractivity contribution in [3.8, 4) is 0 Å². The van der Waals surface area contributed by atoms with Gasteiger partial charge in [-0.1, -0.05) is 23.5 Å².